The molecule has 0 saturated heterocycles. The fraction of sp³-hybridized carbons (Fsp3) is 0. The van der Waals surface area contributed by atoms with Crippen LogP contribution in [-0.2, 0) is 0 Å². The molecule has 4 nitrogen and oxygen atoms in total. The van der Waals surface area contributed by atoms with Crippen molar-refractivity contribution in [2.24, 2.45) is 0 Å². The molecule has 3 rings (SSSR count). The van der Waals surface area contributed by atoms with Gasteiger partial charge in [-0.25, -0.2) is 14.4 Å². The van der Waals surface area contributed by atoms with Gasteiger partial charge in [0, 0.05) is 6.20 Å². The number of nitrogens with two attached hydrogens (primary N) is 1. The highest BCUT2D eigenvalue weighted by molar-refractivity contribution is 6.32. The van der Waals surface area contributed by atoms with Crippen molar-refractivity contribution >= 4 is 28.7 Å². The number of nitrogens with zero attached hydrogens (tertiary/aromatic N) is 3. The molecular weight excluding hydrogens is 255 g/mol. The van der Waals surface area contributed by atoms with E-state index in [1.807, 2.05) is 0 Å². The Hall–Kier alpha value is -2.14. The standard InChI is InChI=1S/C12H8ClFN4/c13-8-4-3-7(14)6-10(8)18-11-9(17-12(18)15)2-1-5-16-11/h1-6H,(H2,15,17). The number of benzene rings is 1. The number of hydrogen-bond donors (Lipinski definition) is 1. The number of pyridine rings is 1. The molecule has 2 heterocycles. The highest BCUT2D eigenvalue weighted by Gasteiger charge is 2.13. The van der Waals surface area contributed by atoms with E-state index in [0.29, 0.717) is 21.9 Å². The number of rotatable bonds is 1. The molecule has 6 heteroatoms. The topological polar surface area (TPSA) is 56.7 Å². The van der Waals surface area contributed by atoms with Crippen LogP contribution < -0.4 is 5.73 Å². The minimum Gasteiger partial charge on any atom is -0.369 e. The second-order valence-corrected chi connectivity index (χ2v) is 4.15. The van der Waals surface area contributed by atoms with Crippen LogP contribution in [-0.4, -0.2) is 14.5 Å². The summed E-state index contributed by atoms with van der Waals surface area (Å²) in [5, 5.41) is 0.382. The first-order chi connectivity index (χ1) is 8.66. The largest absolute Gasteiger partial charge is 0.369 e. The third kappa shape index (κ3) is 1.60. The van der Waals surface area contributed by atoms with Gasteiger partial charge in [-0.05, 0) is 30.3 Å². The van der Waals surface area contributed by atoms with Crippen LogP contribution in [0.3, 0.4) is 0 Å². The summed E-state index contributed by atoms with van der Waals surface area (Å²) in [6.45, 7) is 0. The molecule has 0 bridgehead atoms. The summed E-state index contributed by atoms with van der Waals surface area (Å²) in [5.41, 5.74) is 7.44. The van der Waals surface area contributed by atoms with E-state index in [-0.39, 0.29) is 5.95 Å². The number of imidazole rings is 1. The van der Waals surface area contributed by atoms with Gasteiger partial charge in [0.1, 0.15) is 11.3 Å². The summed E-state index contributed by atoms with van der Waals surface area (Å²) in [6, 6.07) is 7.60. The molecule has 0 amide bonds. The van der Waals surface area contributed by atoms with E-state index in [2.05, 4.69) is 9.97 Å². The van der Waals surface area contributed by atoms with Gasteiger partial charge >= 0.3 is 0 Å². The molecule has 2 aromatic heterocycles. The lowest BCUT2D eigenvalue weighted by Gasteiger charge is -2.07. The predicted octanol–water partition coefficient (Wildman–Crippen LogP) is 2.80. The Balaban J connectivity index is 2.37. The third-order valence-corrected chi connectivity index (χ3v) is 2.91. The van der Waals surface area contributed by atoms with Crippen molar-refractivity contribution in [2.45, 2.75) is 0 Å². The van der Waals surface area contributed by atoms with Crippen LogP contribution in [0.4, 0.5) is 10.3 Å². The van der Waals surface area contributed by atoms with Gasteiger partial charge in [0.05, 0.1) is 10.7 Å². The summed E-state index contributed by atoms with van der Waals surface area (Å²) in [4.78, 5) is 8.35. The zero-order chi connectivity index (χ0) is 12.7. The van der Waals surface area contributed by atoms with Gasteiger partial charge in [-0.1, -0.05) is 11.6 Å². The zero-order valence-electron chi connectivity index (χ0n) is 9.14. The van der Waals surface area contributed by atoms with Gasteiger partial charge in [0.15, 0.2) is 5.65 Å². The molecule has 18 heavy (non-hydrogen) atoms. The van der Waals surface area contributed by atoms with Crippen LogP contribution in [0, 0.1) is 5.82 Å². The number of aromatic nitrogens is 3. The van der Waals surface area contributed by atoms with Crippen LogP contribution >= 0.6 is 11.6 Å². The first-order valence-electron chi connectivity index (χ1n) is 5.21. The minimum absolute atomic E-state index is 0.219. The maximum Gasteiger partial charge on any atom is 0.207 e. The Kier molecular flexibility index (Phi) is 2.41. The molecule has 3 aromatic rings. The first-order valence-corrected chi connectivity index (χ1v) is 5.59. The molecule has 1 aromatic carbocycles. The van der Waals surface area contributed by atoms with Gasteiger partial charge < -0.3 is 5.73 Å². The highest BCUT2D eigenvalue weighted by atomic mass is 35.5. The summed E-state index contributed by atoms with van der Waals surface area (Å²) in [6.07, 6.45) is 1.62. The minimum atomic E-state index is -0.397. The molecule has 0 fully saturated rings. The van der Waals surface area contributed by atoms with E-state index in [1.165, 1.54) is 22.8 Å². The normalized spacial score (nSPS) is 11.0. The SMILES string of the molecule is Nc1nc2cccnc2n1-c1cc(F)ccc1Cl. The lowest BCUT2D eigenvalue weighted by molar-refractivity contribution is 0.627. The van der Waals surface area contributed by atoms with Crippen molar-refractivity contribution in [3.8, 4) is 5.69 Å². The van der Waals surface area contributed by atoms with E-state index < -0.39 is 5.82 Å². The summed E-state index contributed by atoms with van der Waals surface area (Å²) in [7, 11) is 0. The van der Waals surface area contributed by atoms with Crippen LogP contribution in [0.1, 0.15) is 0 Å². The van der Waals surface area contributed by atoms with Crippen molar-refractivity contribution in [3.05, 3.63) is 47.4 Å². The summed E-state index contributed by atoms with van der Waals surface area (Å²) < 4.78 is 14.8. The average Bonchev–Trinajstić information content (AvgIpc) is 2.68. The number of anilines is 1. The zero-order valence-corrected chi connectivity index (χ0v) is 9.89. The van der Waals surface area contributed by atoms with Crippen molar-refractivity contribution < 1.29 is 4.39 Å². The predicted molar refractivity (Wildman–Crippen MR) is 68.2 cm³/mol. The number of hydrogen-bond acceptors (Lipinski definition) is 3. The summed E-state index contributed by atoms with van der Waals surface area (Å²) in [5.74, 6) is -0.178. The van der Waals surface area contributed by atoms with Crippen LogP contribution in [0.2, 0.25) is 5.02 Å². The molecule has 0 atom stereocenters. The lowest BCUT2D eigenvalue weighted by Crippen LogP contribution is -2.02. The first kappa shape index (κ1) is 11.0. The van der Waals surface area contributed by atoms with Crippen molar-refractivity contribution in [1.29, 1.82) is 0 Å². The Bertz CT molecular complexity index is 738. The molecule has 0 spiro atoms. The Morgan fingerprint density at radius 3 is 2.94 bits per heavy atom. The Morgan fingerprint density at radius 1 is 1.28 bits per heavy atom. The maximum absolute atomic E-state index is 13.3. The van der Waals surface area contributed by atoms with E-state index in [4.69, 9.17) is 17.3 Å². The van der Waals surface area contributed by atoms with E-state index >= 15 is 0 Å². The lowest BCUT2D eigenvalue weighted by atomic mass is 10.3. The molecular formula is C12H8ClFN4. The average molecular weight is 263 g/mol. The van der Waals surface area contributed by atoms with Gasteiger partial charge in [-0.3, -0.25) is 4.57 Å². The fourth-order valence-electron chi connectivity index (χ4n) is 1.82. The van der Waals surface area contributed by atoms with Crippen molar-refractivity contribution in [2.75, 3.05) is 5.73 Å². The highest BCUT2D eigenvalue weighted by Crippen LogP contribution is 2.27. The van der Waals surface area contributed by atoms with E-state index in [1.54, 1.807) is 18.3 Å². The Labute approximate surface area is 107 Å². The van der Waals surface area contributed by atoms with Gasteiger partial charge in [-0.15, -0.1) is 0 Å². The third-order valence-electron chi connectivity index (χ3n) is 2.59. The molecule has 0 aliphatic rings. The van der Waals surface area contributed by atoms with Crippen LogP contribution in [0.25, 0.3) is 16.9 Å². The maximum atomic E-state index is 13.3. The molecule has 0 radical (unpaired) electrons. The number of halogens is 2. The Morgan fingerprint density at radius 2 is 2.11 bits per heavy atom. The molecule has 0 unspecified atom stereocenters. The van der Waals surface area contributed by atoms with Crippen molar-refractivity contribution in [1.82, 2.24) is 14.5 Å². The molecule has 90 valence electrons. The van der Waals surface area contributed by atoms with E-state index in [9.17, 15) is 4.39 Å². The number of nitrogen functional groups attached to an aromatic ring is 1. The second-order valence-electron chi connectivity index (χ2n) is 3.75. The molecule has 2 N–H and O–H groups in total. The quantitative estimate of drug-likeness (QED) is 0.734. The van der Waals surface area contributed by atoms with Crippen LogP contribution in [0.15, 0.2) is 36.5 Å². The second kappa shape index (κ2) is 3.96. The number of fused-ring (bicyclic) bond motifs is 1. The summed E-state index contributed by atoms with van der Waals surface area (Å²) >= 11 is 6.06. The van der Waals surface area contributed by atoms with Crippen LogP contribution in [0.5, 0.6) is 0 Å². The van der Waals surface area contributed by atoms with Gasteiger partial charge in [0.25, 0.3) is 0 Å². The van der Waals surface area contributed by atoms with Gasteiger partial charge in [0.2, 0.25) is 5.95 Å². The smallest absolute Gasteiger partial charge is 0.207 e. The molecule has 0 aliphatic carbocycles. The van der Waals surface area contributed by atoms with Crippen molar-refractivity contribution in [3.63, 3.8) is 0 Å². The monoisotopic (exact) mass is 262 g/mol. The molecule has 0 aliphatic heterocycles. The van der Waals surface area contributed by atoms with Gasteiger partial charge in [-0.2, -0.15) is 0 Å². The fourth-order valence-corrected chi connectivity index (χ4v) is 2.03. The van der Waals surface area contributed by atoms with E-state index in [0.717, 1.165) is 0 Å². The molecule has 0 saturated carbocycles.